The van der Waals surface area contributed by atoms with E-state index < -0.39 is 0 Å². The minimum atomic E-state index is -0.300. The van der Waals surface area contributed by atoms with E-state index in [2.05, 4.69) is 32.9 Å². The van der Waals surface area contributed by atoms with Gasteiger partial charge in [0, 0.05) is 5.56 Å². The lowest BCUT2D eigenvalue weighted by molar-refractivity contribution is -0.123. The fourth-order valence-electron chi connectivity index (χ4n) is 4.08. The zero-order valence-electron chi connectivity index (χ0n) is 20.7. The first-order chi connectivity index (χ1) is 16.9. The first-order valence-corrected chi connectivity index (χ1v) is 12.8. The molecule has 1 fully saturated rings. The molecule has 0 aromatic heterocycles. The number of nitrogens with zero attached hydrogens (tertiary/aromatic N) is 1. The van der Waals surface area contributed by atoms with Crippen LogP contribution in [-0.2, 0) is 4.79 Å². The minimum absolute atomic E-state index is 0.197. The van der Waals surface area contributed by atoms with Gasteiger partial charge in [-0.1, -0.05) is 63.2 Å². The van der Waals surface area contributed by atoms with Crippen molar-refractivity contribution in [3.05, 3.63) is 76.2 Å². The summed E-state index contributed by atoms with van der Waals surface area (Å²) < 4.78 is 12.0. The molecule has 0 spiro atoms. The highest BCUT2D eigenvalue weighted by Gasteiger charge is 2.35. The van der Waals surface area contributed by atoms with Gasteiger partial charge in [-0.05, 0) is 71.1 Å². The highest BCUT2D eigenvalue weighted by molar-refractivity contribution is 8.18. The fraction of sp³-hybridized carbons (Fsp3) is 0.310. The summed E-state index contributed by atoms with van der Waals surface area (Å²) in [6.07, 6.45) is 2.67. The number of fused-ring (bicyclic) bond motifs is 1. The van der Waals surface area contributed by atoms with Gasteiger partial charge in [-0.25, -0.2) is 0 Å². The largest absolute Gasteiger partial charge is 0.493 e. The second kappa shape index (κ2) is 11.0. The van der Waals surface area contributed by atoms with Crippen LogP contribution in [0.2, 0.25) is 0 Å². The number of benzene rings is 3. The highest BCUT2D eigenvalue weighted by Crippen LogP contribution is 2.37. The maximum atomic E-state index is 13.2. The molecule has 0 bridgehead atoms. The molecule has 2 amide bonds. The van der Waals surface area contributed by atoms with E-state index in [1.54, 1.807) is 6.08 Å². The Morgan fingerprint density at radius 1 is 0.971 bits per heavy atom. The lowest BCUT2D eigenvalue weighted by Crippen LogP contribution is -2.32. The van der Waals surface area contributed by atoms with Gasteiger partial charge in [-0.15, -0.1) is 0 Å². The zero-order valence-corrected chi connectivity index (χ0v) is 21.5. The Kier molecular flexibility index (Phi) is 7.81. The molecule has 0 aliphatic carbocycles. The zero-order chi connectivity index (χ0) is 24.9. The molecule has 3 aromatic carbocycles. The van der Waals surface area contributed by atoms with Crippen LogP contribution in [0.25, 0.3) is 16.8 Å². The molecule has 5 nitrogen and oxygen atoms in total. The van der Waals surface area contributed by atoms with Gasteiger partial charge in [-0.3, -0.25) is 14.5 Å². The van der Waals surface area contributed by atoms with Crippen LogP contribution in [0.1, 0.15) is 49.8 Å². The minimum Gasteiger partial charge on any atom is -0.493 e. The molecule has 6 heteroatoms. The Bertz CT molecular complexity index is 1280. The number of hydrogen-bond donors (Lipinski definition) is 0. The number of aryl methyl sites for hydroxylation is 1. The van der Waals surface area contributed by atoms with Crippen LogP contribution in [0.15, 0.2) is 59.5 Å². The summed E-state index contributed by atoms with van der Waals surface area (Å²) in [5.41, 5.74) is 3.04. The van der Waals surface area contributed by atoms with E-state index in [4.69, 9.17) is 9.47 Å². The van der Waals surface area contributed by atoms with Gasteiger partial charge in [0.25, 0.3) is 11.1 Å². The van der Waals surface area contributed by atoms with E-state index in [9.17, 15) is 9.59 Å². The van der Waals surface area contributed by atoms with Crippen molar-refractivity contribution in [2.75, 3.05) is 19.8 Å². The first kappa shape index (κ1) is 24.9. The summed E-state index contributed by atoms with van der Waals surface area (Å²) in [5.74, 6) is 1.53. The smallest absolute Gasteiger partial charge is 0.293 e. The van der Waals surface area contributed by atoms with Crippen LogP contribution in [0.4, 0.5) is 4.79 Å². The van der Waals surface area contributed by atoms with Crippen LogP contribution in [0, 0.1) is 6.92 Å². The molecule has 0 unspecified atom stereocenters. The third-order valence-electron chi connectivity index (χ3n) is 5.90. The number of rotatable bonds is 9. The number of carbonyl (C=O) groups is 2. The monoisotopic (exact) mass is 489 g/mol. The van der Waals surface area contributed by atoms with Gasteiger partial charge in [0.1, 0.15) is 18.1 Å². The van der Waals surface area contributed by atoms with Gasteiger partial charge in [0.2, 0.25) is 0 Å². The lowest BCUT2D eigenvalue weighted by atomic mass is 10.0. The summed E-state index contributed by atoms with van der Waals surface area (Å²) >= 11 is 0.962. The van der Waals surface area contributed by atoms with Crippen LogP contribution in [0.3, 0.4) is 0 Å². The van der Waals surface area contributed by atoms with Gasteiger partial charge in [0.05, 0.1) is 18.1 Å². The Labute approximate surface area is 211 Å². The van der Waals surface area contributed by atoms with Gasteiger partial charge in [0.15, 0.2) is 0 Å². The van der Waals surface area contributed by atoms with E-state index in [0.29, 0.717) is 23.2 Å². The summed E-state index contributed by atoms with van der Waals surface area (Å²) in [5, 5.41) is 1.75. The van der Waals surface area contributed by atoms with Crippen molar-refractivity contribution in [3.63, 3.8) is 0 Å². The predicted molar refractivity (Wildman–Crippen MR) is 143 cm³/mol. The lowest BCUT2D eigenvalue weighted by Gasteiger charge is -2.17. The molecule has 3 aromatic rings. The number of ether oxygens (including phenoxy) is 2. The van der Waals surface area contributed by atoms with Crippen LogP contribution >= 0.6 is 11.8 Å². The quantitative estimate of drug-likeness (QED) is 0.298. The van der Waals surface area contributed by atoms with Crippen LogP contribution in [0.5, 0.6) is 11.5 Å². The number of hydrogen-bond acceptors (Lipinski definition) is 5. The molecule has 1 aliphatic heterocycles. The Hall–Kier alpha value is -3.25. The second-order valence-corrected chi connectivity index (χ2v) is 9.92. The molecule has 1 aliphatic rings. The molecule has 0 atom stereocenters. The SMILES string of the molecule is CCCOc1ccc2ccccc2c1/C=C1\SC(=O)N(CCOc2cc(C)ccc2C(C)C)C1=O. The molecule has 182 valence electrons. The molecule has 4 rings (SSSR count). The third kappa shape index (κ3) is 5.54. The van der Waals surface area contributed by atoms with E-state index in [-0.39, 0.29) is 24.3 Å². The van der Waals surface area contributed by atoms with Gasteiger partial charge >= 0.3 is 0 Å². The molecule has 0 N–H and O–H groups in total. The van der Waals surface area contributed by atoms with Crippen molar-refractivity contribution in [1.82, 2.24) is 4.90 Å². The summed E-state index contributed by atoms with van der Waals surface area (Å²) in [4.78, 5) is 27.5. The number of amides is 2. The van der Waals surface area contributed by atoms with Crippen molar-refractivity contribution in [2.24, 2.45) is 0 Å². The standard InChI is InChI=1S/C29H31NO4S/c1-5-15-33-25-13-11-21-8-6-7-9-23(21)24(25)18-27-28(31)30(29(32)35-27)14-16-34-26-17-20(4)10-12-22(26)19(2)3/h6-13,17-19H,5,14-16H2,1-4H3/b27-18-. The summed E-state index contributed by atoms with van der Waals surface area (Å²) in [7, 11) is 0. The van der Waals surface area contributed by atoms with E-state index >= 15 is 0 Å². The Morgan fingerprint density at radius 3 is 2.51 bits per heavy atom. The van der Waals surface area contributed by atoms with E-state index in [0.717, 1.165) is 51.4 Å². The van der Waals surface area contributed by atoms with Gasteiger partial charge < -0.3 is 9.47 Å². The maximum absolute atomic E-state index is 13.2. The number of thioether (sulfide) groups is 1. The first-order valence-electron chi connectivity index (χ1n) is 12.0. The molecule has 0 radical (unpaired) electrons. The molecule has 0 saturated carbocycles. The van der Waals surface area contributed by atoms with Crippen molar-refractivity contribution in [1.29, 1.82) is 0 Å². The molecule has 1 heterocycles. The van der Waals surface area contributed by atoms with Gasteiger partial charge in [-0.2, -0.15) is 0 Å². The molecular formula is C29H31NO4S. The summed E-state index contributed by atoms with van der Waals surface area (Å²) in [6, 6.07) is 18.0. The molecule has 35 heavy (non-hydrogen) atoms. The van der Waals surface area contributed by atoms with Crippen molar-refractivity contribution >= 4 is 39.8 Å². The molecular weight excluding hydrogens is 458 g/mol. The average Bonchev–Trinajstić information content (AvgIpc) is 3.10. The predicted octanol–water partition coefficient (Wildman–Crippen LogP) is 7.18. The van der Waals surface area contributed by atoms with Crippen LogP contribution < -0.4 is 9.47 Å². The van der Waals surface area contributed by atoms with E-state index in [1.165, 1.54) is 4.90 Å². The van der Waals surface area contributed by atoms with Crippen molar-refractivity contribution in [3.8, 4) is 11.5 Å². The fourth-order valence-corrected chi connectivity index (χ4v) is 4.92. The normalized spacial score (nSPS) is 15.0. The Morgan fingerprint density at radius 2 is 1.74 bits per heavy atom. The summed E-state index contributed by atoms with van der Waals surface area (Å²) in [6.45, 7) is 9.32. The van der Waals surface area contributed by atoms with E-state index in [1.807, 2.05) is 49.4 Å². The number of carbonyl (C=O) groups excluding carboxylic acids is 2. The highest BCUT2D eigenvalue weighted by atomic mass is 32.2. The average molecular weight is 490 g/mol. The van der Waals surface area contributed by atoms with Crippen LogP contribution in [-0.4, -0.2) is 35.8 Å². The second-order valence-electron chi connectivity index (χ2n) is 8.92. The maximum Gasteiger partial charge on any atom is 0.293 e. The third-order valence-corrected chi connectivity index (χ3v) is 6.81. The topological polar surface area (TPSA) is 55.8 Å². The number of imide groups is 1. The van der Waals surface area contributed by atoms with Crippen molar-refractivity contribution in [2.45, 2.75) is 40.0 Å². The Balaban J connectivity index is 1.54. The van der Waals surface area contributed by atoms with Crippen molar-refractivity contribution < 1.29 is 19.1 Å². The molecule has 1 saturated heterocycles.